The van der Waals surface area contributed by atoms with Gasteiger partial charge in [-0.15, -0.1) is 0 Å². The topological polar surface area (TPSA) is 59.4 Å². The minimum absolute atomic E-state index is 0.253. The van der Waals surface area contributed by atoms with Gasteiger partial charge in [0.1, 0.15) is 0 Å². The number of benzene rings is 2. The zero-order chi connectivity index (χ0) is 20.1. The minimum Gasteiger partial charge on any atom is -0.266 e. The van der Waals surface area contributed by atoms with Crippen LogP contribution in [0.4, 0.5) is 0 Å². The summed E-state index contributed by atoms with van der Waals surface area (Å²) in [5.41, 5.74) is 2.63. The fraction of sp³-hybridized carbons (Fsp3) is 0.0909. The summed E-state index contributed by atoms with van der Waals surface area (Å²) < 4.78 is 17.8. The Labute approximate surface area is 173 Å². The fourth-order valence-corrected chi connectivity index (χ4v) is 4.11. The highest BCUT2D eigenvalue weighted by Crippen LogP contribution is 2.15. The second-order valence-corrected chi connectivity index (χ2v) is 9.41. The number of nitrogens with zero attached hydrogens (tertiary/aromatic N) is 2. The van der Waals surface area contributed by atoms with Crippen molar-refractivity contribution in [1.82, 2.24) is 4.98 Å². The zero-order valence-electron chi connectivity index (χ0n) is 15.3. The van der Waals surface area contributed by atoms with Crippen LogP contribution in [0.2, 0.25) is 0 Å². The predicted octanol–water partition coefficient (Wildman–Crippen LogP) is 4.85. The summed E-state index contributed by atoms with van der Waals surface area (Å²) in [5, 5.41) is 0. The van der Waals surface area contributed by atoms with Crippen molar-refractivity contribution in [3.63, 3.8) is 0 Å². The molecule has 0 aliphatic rings. The average molecular weight is 453 g/mol. The Morgan fingerprint density at radius 3 is 2.54 bits per heavy atom. The van der Waals surface area contributed by atoms with Crippen molar-refractivity contribution in [3.05, 3.63) is 93.7 Å². The molecule has 0 saturated carbocycles. The predicted molar refractivity (Wildman–Crippen MR) is 115 cm³/mol. The first-order valence-electron chi connectivity index (χ1n) is 8.39. The number of aryl methyl sites for hydroxylation is 1. The van der Waals surface area contributed by atoms with E-state index in [1.54, 1.807) is 30.5 Å². The highest BCUT2D eigenvalue weighted by Gasteiger charge is 2.12. The Bertz CT molecular complexity index is 1230. The number of aromatic nitrogens is 1. The number of amides is 1. The standard InChI is InChI=1S/C22H17BrN2O2S/c1-16-5-3-8-21(11-16)28(2,27)25-22(26)19-12-18(14-24-15-19)10-9-17-6-4-7-20(23)13-17/h3-8,11-15H,1-2H3. The lowest BCUT2D eigenvalue weighted by Gasteiger charge is -2.05. The molecule has 140 valence electrons. The number of pyridine rings is 1. The molecule has 1 unspecified atom stereocenters. The number of hydrogen-bond donors (Lipinski definition) is 0. The van der Waals surface area contributed by atoms with Crippen LogP contribution in [0.15, 0.2) is 80.7 Å². The lowest BCUT2D eigenvalue weighted by atomic mass is 10.2. The van der Waals surface area contributed by atoms with Crippen LogP contribution in [-0.4, -0.2) is 21.4 Å². The van der Waals surface area contributed by atoms with Crippen molar-refractivity contribution < 1.29 is 9.00 Å². The summed E-state index contributed by atoms with van der Waals surface area (Å²) in [4.78, 5) is 17.1. The van der Waals surface area contributed by atoms with Crippen LogP contribution >= 0.6 is 15.9 Å². The number of hydrogen-bond acceptors (Lipinski definition) is 3. The number of halogens is 1. The maximum absolute atomic E-state index is 12.9. The van der Waals surface area contributed by atoms with Gasteiger partial charge in [-0.25, -0.2) is 4.21 Å². The molecule has 0 spiro atoms. The molecule has 0 fully saturated rings. The molecule has 3 aromatic rings. The van der Waals surface area contributed by atoms with Crippen LogP contribution in [0.5, 0.6) is 0 Å². The monoisotopic (exact) mass is 452 g/mol. The normalized spacial score (nSPS) is 12.4. The molecule has 1 amide bonds. The van der Waals surface area contributed by atoms with Gasteiger partial charge in [-0.05, 0) is 48.9 Å². The maximum atomic E-state index is 12.9. The molecule has 0 radical (unpaired) electrons. The number of carbonyl (C=O) groups excluding carboxylic acids is 1. The molecular formula is C22H17BrN2O2S. The van der Waals surface area contributed by atoms with E-state index in [2.05, 4.69) is 37.1 Å². The highest BCUT2D eigenvalue weighted by atomic mass is 79.9. The smallest absolute Gasteiger partial charge is 0.266 e. The SMILES string of the molecule is Cc1cccc(S(C)(=O)=NC(=O)c2cncc(C#Cc3cccc(Br)c3)c2)c1. The molecule has 0 saturated heterocycles. The maximum Gasteiger partial charge on any atom is 0.286 e. The fourth-order valence-electron chi connectivity index (χ4n) is 2.45. The van der Waals surface area contributed by atoms with Gasteiger partial charge in [-0.2, -0.15) is 4.36 Å². The third-order valence-corrected chi connectivity index (χ3v) is 5.98. The van der Waals surface area contributed by atoms with Crippen molar-refractivity contribution in [2.45, 2.75) is 11.8 Å². The van der Waals surface area contributed by atoms with Gasteiger partial charge in [0, 0.05) is 39.1 Å². The molecule has 6 heteroatoms. The number of carbonyl (C=O) groups is 1. The van der Waals surface area contributed by atoms with E-state index < -0.39 is 15.6 Å². The summed E-state index contributed by atoms with van der Waals surface area (Å²) >= 11 is 3.41. The molecule has 28 heavy (non-hydrogen) atoms. The first-order valence-corrected chi connectivity index (χ1v) is 11.1. The van der Waals surface area contributed by atoms with Crippen LogP contribution in [0.3, 0.4) is 0 Å². The van der Waals surface area contributed by atoms with E-state index in [4.69, 9.17) is 0 Å². The van der Waals surface area contributed by atoms with Gasteiger partial charge >= 0.3 is 0 Å². The van der Waals surface area contributed by atoms with Crippen molar-refractivity contribution in [2.24, 2.45) is 4.36 Å². The van der Waals surface area contributed by atoms with Gasteiger partial charge in [-0.3, -0.25) is 9.78 Å². The van der Waals surface area contributed by atoms with Crippen LogP contribution in [0.25, 0.3) is 0 Å². The Morgan fingerprint density at radius 2 is 1.79 bits per heavy atom. The van der Waals surface area contributed by atoms with Crippen molar-refractivity contribution >= 4 is 31.6 Å². The lowest BCUT2D eigenvalue weighted by molar-refractivity contribution is 0.100. The number of rotatable bonds is 2. The molecule has 1 atom stereocenters. The van der Waals surface area contributed by atoms with Crippen LogP contribution in [0, 0.1) is 18.8 Å². The van der Waals surface area contributed by atoms with Crippen LogP contribution in [0.1, 0.15) is 27.0 Å². The second-order valence-electron chi connectivity index (χ2n) is 6.24. The summed E-state index contributed by atoms with van der Waals surface area (Å²) in [6, 6.07) is 16.4. The summed E-state index contributed by atoms with van der Waals surface area (Å²) in [7, 11) is -2.85. The summed E-state index contributed by atoms with van der Waals surface area (Å²) in [5.74, 6) is 5.44. The first-order chi connectivity index (χ1) is 13.3. The second kappa shape index (κ2) is 8.51. The van der Waals surface area contributed by atoms with Gasteiger partial charge < -0.3 is 0 Å². The third kappa shape index (κ3) is 5.16. The van der Waals surface area contributed by atoms with Gasteiger partial charge in [0.15, 0.2) is 0 Å². The minimum atomic E-state index is -2.85. The quantitative estimate of drug-likeness (QED) is 0.522. The van der Waals surface area contributed by atoms with E-state index in [-0.39, 0.29) is 5.56 Å². The van der Waals surface area contributed by atoms with E-state index in [1.165, 1.54) is 12.5 Å². The molecular weight excluding hydrogens is 436 g/mol. The lowest BCUT2D eigenvalue weighted by Crippen LogP contribution is -2.04. The van der Waals surface area contributed by atoms with Gasteiger partial charge in [-0.1, -0.05) is 46.0 Å². The van der Waals surface area contributed by atoms with E-state index in [9.17, 15) is 9.00 Å². The van der Waals surface area contributed by atoms with Crippen molar-refractivity contribution in [1.29, 1.82) is 0 Å². The van der Waals surface area contributed by atoms with E-state index in [1.807, 2.05) is 37.3 Å². The van der Waals surface area contributed by atoms with Gasteiger partial charge in [0.05, 0.1) is 15.3 Å². The molecule has 3 rings (SSSR count). The third-order valence-electron chi connectivity index (χ3n) is 3.84. The van der Waals surface area contributed by atoms with Crippen LogP contribution in [-0.2, 0) is 9.73 Å². The molecule has 0 aliphatic heterocycles. The molecule has 0 aliphatic carbocycles. The van der Waals surface area contributed by atoms with Crippen LogP contribution < -0.4 is 0 Å². The van der Waals surface area contributed by atoms with Gasteiger partial charge in [0.25, 0.3) is 5.91 Å². The van der Waals surface area contributed by atoms with Crippen molar-refractivity contribution in [3.8, 4) is 11.8 Å². The molecule has 2 aromatic carbocycles. The van der Waals surface area contributed by atoms with E-state index in [0.29, 0.717) is 10.5 Å². The Kier molecular flexibility index (Phi) is 6.08. The molecule has 1 aromatic heterocycles. The van der Waals surface area contributed by atoms with Gasteiger partial charge in [0.2, 0.25) is 0 Å². The van der Waals surface area contributed by atoms with Crippen molar-refractivity contribution in [2.75, 3.05) is 6.26 Å². The first kappa shape index (κ1) is 20.0. The van der Waals surface area contributed by atoms with E-state index in [0.717, 1.165) is 15.6 Å². The highest BCUT2D eigenvalue weighted by molar-refractivity contribution is 9.10. The summed E-state index contributed by atoms with van der Waals surface area (Å²) in [6.07, 6.45) is 4.44. The Hall–Kier alpha value is -2.75. The Morgan fingerprint density at radius 1 is 1.04 bits per heavy atom. The largest absolute Gasteiger partial charge is 0.286 e. The molecule has 4 nitrogen and oxygen atoms in total. The average Bonchev–Trinajstić information content (AvgIpc) is 2.66. The zero-order valence-corrected chi connectivity index (χ0v) is 17.8. The molecule has 1 heterocycles. The Balaban J connectivity index is 1.90. The molecule has 0 bridgehead atoms. The van der Waals surface area contributed by atoms with E-state index >= 15 is 0 Å². The molecule has 0 N–H and O–H groups in total. The summed E-state index contributed by atoms with van der Waals surface area (Å²) in [6.45, 7) is 1.90.